The molecule has 3 fully saturated rings. The third-order valence-corrected chi connectivity index (χ3v) is 8.90. The number of ketones is 1. The van der Waals surface area contributed by atoms with Crippen molar-refractivity contribution in [2.75, 3.05) is 26.9 Å². The molecule has 0 bridgehead atoms. The van der Waals surface area contributed by atoms with E-state index < -0.39 is 12.0 Å². The number of hydrogen-bond donors (Lipinski definition) is 1. The highest BCUT2D eigenvalue weighted by Crippen LogP contribution is 2.63. The normalized spacial score (nSPS) is 42.8. The van der Waals surface area contributed by atoms with Crippen LogP contribution in [0.3, 0.4) is 0 Å². The van der Waals surface area contributed by atoms with Crippen LogP contribution in [0.2, 0.25) is 0 Å². The molecule has 3 saturated carbocycles. The second-order valence-electron chi connectivity index (χ2n) is 10.8. The number of hydrogen-bond acceptors (Lipinski definition) is 6. The Morgan fingerprint density at radius 3 is 2.48 bits per heavy atom. The number of ether oxygens (including phenoxy) is 3. The number of rotatable bonds is 7. The maximum absolute atomic E-state index is 13.5. The first-order valence-corrected chi connectivity index (χ1v) is 12.1. The molecule has 6 nitrogen and oxygen atoms in total. The Balaban J connectivity index is 2.13. The van der Waals surface area contributed by atoms with Crippen LogP contribution >= 0.6 is 0 Å². The summed E-state index contributed by atoms with van der Waals surface area (Å²) in [6.45, 7) is 11.5. The van der Waals surface area contributed by atoms with E-state index in [9.17, 15) is 14.7 Å². The van der Waals surface area contributed by atoms with Gasteiger partial charge in [0.15, 0.2) is 0 Å². The van der Waals surface area contributed by atoms with Crippen molar-refractivity contribution < 1.29 is 28.9 Å². The van der Waals surface area contributed by atoms with Gasteiger partial charge >= 0.3 is 5.97 Å². The predicted octanol–water partition coefficient (Wildman–Crippen LogP) is 3.64. The second kappa shape index (κ2) is 9.48. The molecule has 0 aromatic rings. The Labute approximate surface area is 187 Å². The third-order valence-electron chi connectivity index (χ3n) is 8.90. The fourth-order valence-corrected chi connectivity index (χ4v) is 7.43. The molecule has 0 radical (unpaired) electrons. The van der Waals surface area contributed by atoms with Gasteiger partial charge in [0.25, 0.3) is 0 Å². The Morgan fingerprint density at radius 1 is 1.19 bits per heavy atom. The maximum atomic E-state index is 13.5. The number of fused-ring (bicyclic) bond motifs is 2. The summed E-state index contributed by atoms with van der Waals surface area (Å²) in [5.74, 6) is -0.256. The SMILES string of the molecule is CCO[C@H]1CC[C@@]2(C)CC[C@@]3(C)C(C(=O)C[C@@H]3C(C)C)C(OCCO)[C@H]2[C@H]1C(=O)OC. The van der Waals surface area contributed by atoms with E-state index in [0.29, 0.717) is 24.9 Å². The molecular formula is C25H42O6. The van der Waals surface area contributed by atoms with Crippen molar-refractivity contribution >= 4 is 11.8 Å². The second-order valence-corrected chi connectivity index (χ2v) is 10.8. The highest BCUT2D eigenvalue weighted by Gasteiger charge is 2.64. The lowest BCUT2D eigenvalue weighted by atomic mass is 9.57. The Bertz CT molecular complexity index is 662. The molecule has 3 aliphatic rings. The van der Waals surface area contributed by atoms with Gasteiger partial charge in [0.1, 0.15) is 5.78 Å². The van der Waals surface area contributed by atoms with Gasteiger partial charge in [-0.15, -0.1) is 0 Å². The zero-order chi connectivity index (χ0) is 23.0. The van der Waals surface area contributed by atoms with Crippen LogP contribution in [0.1, 0.15) is 66.7 Å². The minimum Gasteiger partial charge on any atom is -0.469 e. The summed E-state index contributed by atoms with van der Waals surface area (Å²) < 4.78 is 17.6. The number of methoxy groups -OCH3 is 1. The Morgan fingerprint density at radius 2 is 1.90 bits per heavy atom. The van der Waals surface area contributed by atoms with E-state index >= 15 is 0 Å². The van der Waals surface area contributed by atoms with Crippen LogP contribution in [0.25, 0.3) is 0 Å². The Kier molecular flexibility index (Phi) is 7.54. The summed E-state index contributed by atoms with van der Waals surface area (Å²) in [4.78, 5) is 26.6. The van der Waals surface area contributed by atoms with Crippen LogP contribution < -0.4 is 0 Å². The molecular weight excluding hydrogens is 396 g/mol. The zero-order valence-electron chi connectivity index (χ0n) is 20.2. The lowest BCUT2D eigenvalue weighted by molar-refractivity contribution is -0.183. The quantitative estimate of drug-likeness (QED) is 0.611. The first-order valence-electron chi connectivity index (χ1n) is 12.1. The molecule has 0 heterocycles. The van der Waals surface area contributed by atoms with E-state index in [0.717, 1.165) is 25.7 Å². The average molecular weight is 439 g/mol. The van der Waals surface area contributed by atoms with Crippen molar-refractivity contribution in [3.8, 4) is 0 Å². The summed E-state index contributed by atoms with van der Waals surface area (Å²) in [7, 11) is 1.43. The minimum absolute atomic E-state index is 0.108. The van der Waals surface area contributed by atoms with Gasteiger partial charge < -0.3 is 19.3 Å². The summed E-state index contributed by atoms with van der Waals surface area (Å²) in [5.41, 5.74) is -0.324. The lowest BCUT2D eigenvalue weighted by Crippen LogP contribution is -2.56. The zero-order valence-corrected chi connectivity index (χ0v) is 20.2. The molecule has 0 aromatic heterocycles. The smallest absolute Gasteiger partial charge is 0.311 e. The highest BCUT2D eigenvalue weighted by molar-refractivity contribution is 5.86. The van der Waals surface area contributed by atoms with Gasteiger partial charge in [-0.05, 0) is 55.3 Å². The molecule has 0 saturated heterocycles. The van der Waals surface area contributed by atoms with E-state index in [1.54, 1.807) is 0 Å². The molecule has 0 amide bonds. The van der Waals surface area contributed by atoms with Gasteiger partial charge in [-0.3, -0.25) is 9.59 Å². The predicted molar refractivity (Wildman–Crippen MR) is 117 cm³/mol. The fourth-order valence-electron chi connectivity index (χ4n) is 7.43. The van der Waals surface area contributed by atoms with E-state index in [1.165, 1.54) is 7.11 Å². The van der Waals surface area contributed by atoms with Crippen LogP contribution in [-0.2, 0) is 23.8 Å². The van der Waals surface area contributed by atoms with Crippen molar-refractivity contribution in [3.05, 3.63) is 0 Å². The maximum Gasteiger partial charge on any atom is 0.311 e. The van der Waals surface area contributed by atoms with Crippen LogP contribution in [0, 0.1) is 40.4 Å². The molecule has 0 spiro atoms. The molecule has 6 heteroatoms. The van der Waals surface area contributed by atoms with Crippen molar-refractivity contribution in [1.29, 1.82) is 0 Å². The summed E-state index contributed by atoms with van der Waals surface area (Å²) in [5, 5.41) is 9.57. The fraction of sp³-hybridized carbons (Fsp3) is 0.920. The minimum atomic E-state index is -0.472. The van der Waals surface area contributed by atoms with Crippen LogP contribution in [0.5, 0.6) is 0 Å². The number of esters is 1. The van der Waals surface area contributed by atoms with Crippen molar-refractivity contribution in [2.24, 2.45) is 40.4 Å². The number of aliphatic hydroxyl groups is 1. The number of carbonyl (C=O) groups excluding carboxylic acids is 2. The van der Waals surface area contributed by atoms with Gasteiger partial charge in [0.05, 0.1) is 38.4 Å². The standard InChI is InChI=1S/C25H42O6/c1-7-30-18-8-9-24(4)10-11-25(5)16(15(2)3)14-17(27)20(25)22(31-13-12-26)21(24)19(18)23(28)29-6/h15-16,18-22,26H,7-14H2,1-6H3/t16-,18+,19+,20?,21-,22?,24+,25-/m1/s1. The van der Waals surface area contributed by atoms with Crippen molar-refractivity contribution in [3.63, 3.8) is 0 Å². The molecule has 3 aliphatic carbocycles. The van der Waals surface area contributed by atoms with Crippen LogP contribution in [0.15, 0.2) is 0 Å². The molecule has 178 valence electrons. The van der Waals surface area contributed by atoms with E-state index in [-0.39, 0.29) is 53.7 Å². The highest BCUT2D eigenvalue weighted by atomic mass is 16.5. The van der Waals surface area contributed by atoms with Gasteiger partial charge in [-0.1, -0.05) is 27.7 Å². The molecule has 1 N–H and O–H groups in total. The first-order chi connectivity index (χ1) is 14.6. The van der Waals surface area contributed by atoms with E-state index in [2.05, 4.69) is 27.7 Å². The first kappa shape index (κ1) is 24.7. The van der Waals surface area contributed by atoms with Gasteiger partial charge in [0, 0.05) is 24.9 Å². The molecule has 3 rings (SSSR count). The van der Waals surface area contributed by atoms with Gasteiger partial charge in [0.2, 0.25) is 0 Å². The number of aliphatic hydroxyl groups excluding tert-OH is 1. The molecule has 8 atom stereocenters. The van der Waals surface area contributed by atoms with Crippen LogP contribution in [0.4, 0.5) is 0 Å². The van der Waals surface area contributed by atoms with E-state index in [4.69, 9.17) is 14.2 Å². The summed E-state index contributed by atoms with van der Waals surface area (Å²) >= 11 is 0. The molecule has 0 aliphatic heterocycles. The molecule has 31 heavy (non-hydrogen) atoms. The molecule has 0 aromatic carbocycles. The van der Waals surface area contributed by atoms with Crippen LogP contribution in [-0.4, -0.2) is 56.0 Å². The monoisotopic (exact) mass is 438 g/mol. The number of Topliss-reactive ketones (excluding diaryl/α,β-unsaturated/α-hetero) is 1. The topological polar surface area (TPSA) is 82.1 Å². The summed E-state index contributed by atoms with van der Waals surface area (Å²) in [6, 6.07) is 0. The van der Waals surface area contributed by atoms with E-state index in [1.807, 2.05) is 6.92 Å². The van der Waals surface area contributed by atoms with Crippen molar-refractivity contribution in [2.45, 2.75) is 78.9 Å². The van der Waals surface area contributed by atoms with Crippen molar-refractivity contribution in [1.82, 2.24) is 0 Å². The Hall–Kier alpha value is -0.980. The molecule has 2 unspecified atom stereocenters. The van der Waals surface area contributed by atoms with Gasteiger partial charge in [-0.25, -0.2) is 0 Å². The third kappa shape index (κ3) is 4.20. The van der Waals surface area contributed by atoms with Gasteiger partial charge in [-0.2, -0.15) is 0 Å². The largest absolute Gasteiger partial charge is 0.469 e. The lowest BCUT2D eigenvalue weighted by Gasteiger charge is -2.51. The summed E-state index contributed by atoms with van der Waals surface area (Å²) in [6.07, 6.45) is 3.54. The average Bonchev–Trinajstić information content (AvgIpc) is 2.94. The number of carbonyl (C=O) groups is 2.